The monoisotopic (exact) mass is 344 g/mol. The highest BCUT2D eigenvalue weighted by Crippen LogP contribution is 2.18. The smallest absolute Gasteiger partial charge is 0.325 e. The molecule has 3 amide bonds. The maximum atomic E-state index is 12.2. The van der Waals surface area contributed by atoms with Crippen LogP contribution in [-0.2, 0) is 11.2 Å². The van der Waals surface area contributed by atoms with Gasteiger partial charge in [0.2, 0.25) is 5.91 Å². The first-order valence-electron chi connectivity index (χ1n) is 8.06. The van der Waals surface area contributed by atoms with E-state index in [-0.39, 0.29) is 11.9 Å². The number of hydrogen-bond donors (Lipinski definition) is 2. The number of para-hydroxylation sites is 1. The van der Waals surface area contributed by atoms with E-state index in [9.17, 15) is 9.59 Å². The molecule has 1 aromatic carbocycles. The number of likely N-dealkylation sites (tertiary alicyclic amines) is 1. The lowest BCUT2D eigenvalue weighted by molar-refractivity contribution is -0.131. The molecule has 1 saturated heterocycles. The summed E-state index contributed by atoms with van der Waals surface area (Å²) in [6.45, 7) is 1.68. The number of benzene rings is 1. The summed E-state index contributed by atoms with van der Waals surface area (Å²) >= 11 is 1.32. The summed E-state index contributed by atoms with van der Waals surface area (Å²) in [6.07, 6.45) is 3.65. The quantitative estimate of drug-likeness (QED) is 0.893. The second kappa shape index (κ2) is 7.92. The molecule has 1 aliphatic heterocycles. The van der Waals surface area contributed by atoms with Crippen molar-refractivity contribution in [3.05, 3.63) is 41.4 Å². The van der Waals surface area contributed by atoms with Crippen molar-refractivity contribution in [3.8, 4) is 0 Å². The Labute approximate surface area is 144 Å². The second-order valence-corrected chi connectivity index (χ2v) is 6.57. The van der Waals surface area contributed by atoms with E-state index in [1.807, 2.05) is 40.6 Å². The van der Waals surface area contributed by atoms with Crippen LogP contribution in [0.3, 0.4) is 0 Å². The van der Waals surface area contributed by atoms with Crippen molar-refractivity contribution < 1.29 is 9.59 Å². The fraction of sp³-hybridized carbons (Fsp3) is 0.353. The Bertz CT molecular complexity index is 696. The zero-order chi connectivity index (χ0) is 16.8. The van der Waals surface area contributed by atoms with Gasteiger partial charge in [-0.1, -0.05) is 18.2 Å². The number of rotatable bonds is 4. The summed E-state index contributed by atoms with van der Waals surface area (Å²) in [6, 6.07) is 8.86. The van der Waals surface area contributed by atoms with E-state index in [2.05, 4.69) is 15.6 Å². The summed E-state index contributed by atoms with van der Waals surface area (Å²) in [5.41, 5.74) is 1.41. The lowest BCUT2D eigenvalue weighted by atomic mass is 10.1. The second-order valence-electron chi connectivity index (χ2n) is 5.71. The normalized spacial score (nSPS) is 14.2. The van der Waals surface area contributed by atoms with Gasteiger partial charge in [0.15, 0.2) is 5.13 Å². The van der Waals surface area contributed by atoms with Gasteiger partial charge in [-0.05, 0) is 31.4 Å². The molecule has 2 N–H and O–H groups in total. The molecule has 0 spiro atoms. The largest absolute Gasteiger partial charge is 0.342 e. The number of anilines is 2. The van der Waals surface area contributed by atoms with Crippen molar-refractivity contribution in [2.24, 2.45) is 0 Å². The maximum absolute atomic E-state index is 12.2. The molecular formula is C17H20N4O2S. The predicted octanol–water partition coefficient (Wildman–Crippen LogP) is 3.34. The van der Waals surface area contributed by atoms with Gasteiger partial charge in [-0.2, -0.15) is 0 Å². The van der Waals surface area contributed by atoms with Gasteiger partial charge in [0.25, 0.3) is 0 Å². The molecule has 0 bridgehead atoms. The minimum atomic E-state index is -0.343. The lowest BCUT2D eigenvalue weighted by Gasteiger charge is -2.26. The molecular weight excluding hydrogens is 324 g/mol. The Balaban J connectivity index is 1.51. The molecule has 1 aliphatic rings. The number of piperidine rings is 1. The van der Waals surface area contributed by atoms with Crippen molar-refractivity contribution in [2.75, 3.05) is 23.7 Å². The number of nitrogens with one attached hydrogen (secondary N) is 2. The van der Waals surface area contributed by atoms with E-state index in [1.165, 1.54) is 17.8 Å². The Kier molecular flexibility index (Phi) is 5.43. The average Bonchev–Trinajstić information content (AvgIpc) is 3.03. The molecule has 2 aromatic rings. The lowest BCUT2D eigenvalue weighted by Crippen LogP contribution is -2.36. The van der Waals surface area contributed by atoms with Gasteiger partial charge in [0, 0.05) is 24.2 Å². The standard InChI is InChI=1S/C17H20N4O2S/c22-15(21-9-5-2-6-10-21)11-14-12-24-17(19-14)20-16(23)18-13-7-3-1-4-8-13/h1,3-4,7-8,12H,2,5-6,9-11H2,(H2,18,19,20,23). The summed E-state index contributed by atoms with van der Waals surface area (Å²) in [7, 11) is 0. The van der Waals surface area contributed by atoms with Crippen LogP contribution < -0.4 is 10.6 Å². The van der Waals surface area contributed by atoms with E-state index in [4.69, 9.17) is 0 Å². The first-order valence-corrected chi connectivity index (χ1v) is 8.94. The van der Waals surface area contributed by atoms with Crippen LogP contribution in [-0.4, -0.2) is 34.9 Å². The van der Waals surface area contributed by atoms with Gasteiger partial charge in [-0.3, -0.25) is 10.1 Å². The molecule has 0 unspecified atom stereocenters. The van der Waals surface area contributed by atoms with Crippen molar-refractivity contribution in [2.45, 2.75) is 25.7 Å². The van der Waals surface area contributed by atoms with Crippen molar-refractivity contribution in [3.63, 3.8) is 0 Å². The van der Waals surface area contributed by atoms with Gasteiger partial charge >= 0.3 is 6.03 Å². The SMILES string of the molecule is O=C(Nc1ccccc1)Nc1nc(CC(=O)N2CCCCC2)cs1. The van der Waals surface area contributed by atoms with Gasteiger partial charge in [-0.15, -0.1) is 11.3 Å². The van der Waals surface area contributed by atoms with Gasteiger partial charge in [0.05, 0.1) is 12.1 Å². The average molecular weight is 344 g/mol. The molecule has 7 heteroatoms. The first-order chi connectivity index (χ1) is 11.7. The summed E-state index contributed by atoms with van der Waals surface area (Å²) in [4.78, 5) is 30.4. The molecule has 126 valence electrons. The maximum Gasteiger partial charge on any atom is 0.325 e. The molecule has 0 aliphatic carbocycles. The van der Waals surface area contributed by atoms with Crippen LogP contribution >= 0.6 is 11.3 Å². The zero-order valence-electron chi connectivity index (χ0n) is 13.3. The van der Waals surface area contributed by atoms with E-state index >= 15 is 0 Å². The zero-order valence-corrected chi connectivity index (χ0v) is 14.1. The van der Waals surface area contributed by atoms with Crippen LogP contribution in [0.25, 0.3) is 0 Å². The molecule has 0 saturated carbocycles. The van der Waals surface area contributed by atoms with Gasteiger partial charge in [0.1, 0.15) is 0 Å². The van der Waals surface area contributed by atoms with Crippen molar-refractivity contribution in [1.82, 2.24) is 9.88 Å². The van der Waals surface area contributed by atoms with E-state index in [0.717, 1.165) is 25.9 Å². The Hall–Kier alpha value is -2.41. The topological polar surface area (TPSA) is 74.3 Å². The van der Waals surface area contributed by atoms with Gasteiger partial charge < -0.3 is 10.2 Å². The number of carbonyl (C=O) groups excluding carboxylic acids is 2. The molecule has 0 radical (unpaired) electrons. The Morgan fingerprint density at radius 1 is 1.08 bits per heavy atom. The summed E-state index contributed by atoms with van der Waals surface area (Å²) in [5, 5.41) is 7.74. The number of thiazole rings is 1. The van der Waals surface area contributed by atoms with E-state index in [0.29, 0.717) is 22.9 Å². The van der Waals surface area contributed by atoms with Crippen molar-refractivity contribution >= 4 is 34.1 Å². The first kappa shape index (κ1) is 16.4. The third kappa shape index (κ3) is 4.55. The third-order valence-electron chi connectivity index (χ3n) is 3.84. The number of amides is 3. The molecule has 6 nitrogen and oxygen atoms in total. The van der Waals surface area contributed by atoms with Crippen LogP contribution in [0.2, 0.25) is 0 Å². The van der Waals surface area contributed by atoms with Crippen LogP contribution in [0.5, 0.6) is 0 Å². The fourth-order valence-corrected chi connectivity index (χ4v) is 3.34. The molecule has 0 atom stereocenters. The molecule has 1 fully saturated rings. The minimum Gasteiger partial charge on any atom is -0.342 e. The highest BCUT2D eigenvalue weighted by atomic mass is 32.1. The molecule has 24 heavy (non-hydrogen) atoms. The van der Waals surface area contributed by atoms with Crippen LogP contribution in [0.4, 0.5) is 15.6 Å². The fourth-order valence-electron chi connectivity index (χ4n) is 2.64. The minimum absolute atomic E-state index is 0.111. The van der Waals surface area contributed by atoms with Crippen LogP contribution in [0.1, 0.15) is 25.0 Å². The molecule has 3 rings (SSSR count). The van der Waals surface area contributed by atoms with E-state index in [1.54, 1.807) is 0 Å². The summed E-state index contributed by atoms with van der Waals surface area (Å²) in [5.74, 6) is 0.111. The third-order valence-corrected chi connectivity index (χ3v) is 4.65. The number of nitrogens with zero attached hydrogens (tertiary/aromatic N) is 2. The molecule has 1 aromatic heterocycles. The van der Waals surface area contributed by atoms with Crippen molar-refractivity contribution in [1.29, 1.82) is 0 Å². The van der Waals surface area contributed by atoms with Crippen LogP contribution in [0.15, 0.2) is 35.7 Å². The number of aromatic nitrogens is 1. The number of hydrogen-bond acceptors (Lipinski definition) is 4. The number of urea groups is 1. The summed E-state index contributed by atoms with van der Waals surface area (Å²) < 4.78 is 0. The number of carbonyl (C=O) groups is 2. The Morgan fingerprint density at radius 2 is 1.83 bits per heavy atom. The highest BCUT2D eigenvalue weighted by molar-refractivity contribution is 7.14. The Morgan fingerprint density at radius 3 is 2.58 bits per heavy atom. The van der Waals surface area contributed by atoms with Crippen LogP contribution in [0, 0.1) is 0 Å². The predicted molar refractivity (Wildman–Crippen MR) is 95.3 cm³/mol. The highest BCUT2D eigenvalue weighted by Gasteiger charge is 2.18. The van der Waals surface area contributed by atoms with E-state index < -0.39 is 0 Å². The van der Waals surface area contributed by atoms with Gasteiger partial charge in [-0.25, -0.2) is 9.78 Å². The molecule has 2 heterocycles.